The second-order valence-electron chi connectivity index (χ2n) is 7.99. The van der Waals surface area contributed by atoms with Crippen molar-refractivity contribution in [1.82, 2.24) is 24.9 Å². The topological polar surface area (TPSA) is 65.4 Å². The van der Waals surface area contributed by atoms with E-state index < -0.39 is 0 Å². The molecular weight excluding hydrogens is 364 g/mol. The van der Waals surface area contributed by atoms with E-state index in [0.717, 1.165) is 53.2 Å². The first kappa shape index (κ1) is 19.4. The minimum Gasteiger partial charge on any atom is -0.354 e. The Morgan fingerprint density at radius 3 is 2.59 bits per heavy atom. The first-order valence-corrected chi connectivity index (χ1v) is 9.93. The summed E-state index contributed by atoms with van der Waals surface area (Å²) in [5, 5.41) is 12.4. The molecule has 1 aliphatic rings. The molecule has 0 radical (unpaired) electrons. The number of aromatic nitrogens is 2. The Hall–Kier alpha value is -2.90. The molecule has 0 saturated heterocycles. The van der Waals surface area contributed by atoms with Gasteiger partial charge in [0.2, 0.25) is 0 Å². The van der Waals surface area contributed by atoms with E-state index in [4.69, 9.17) is 5.10 Å². The zero-order valence-electron chi connectivity index (χ0n) is 17.5. The van der Waals surface area contributed by atoms with E-state index in [1.807, 2.05) is 44.4 Å². The SMILES string of the molecule is CN(C)CCNC(=O)c1ccc2nn(CCN(C)C)c3c2c1Nc1ccccc1-3. The van der Waals surface area contributed by atoms with Crippen molar-refractivity contribution in [2.45, 2.75) is 6.54 Å². The summed E-state index contributed by atoms with van der Waals surface area (Å²) in [6.45, 7) is 3.08. The summed E-state index contributed by atoms with van der Waals surface area (Å²) in [5.74, 6) is -0.0670. The fraction of sp³-hybridized carbons (Fsp3) is 0.364. The Morgan fingerprint density at radius 1 is 1.07 bits per heavy atom. The van der Waals surface area contributed by atoms with Crippen molar-refractivity contribution in [2.75, 3.05) is 53.1 Å². The van der Waals surface area contributed by atoms with Crippen molar-refractivity contribution in [2.24, 2.45) is 0 Å². The number of likely N-dealkylation sites (N-methyl/N-ethyl adjacent to an activating group) is 2. The van der Waals surface area contributed by atoms with Crippen LogP contribution in [0.3, 0.4) is 0 Å². The molecular formula is C22H28N6O. The summed E-state index contributed by atoms with van der Waals surface area (Å²) in [4.78, 5) is 17.1. The molecule has 0 atom stereocenters. The molecule has 7 nitrogen and oxygen atoms in total. The molecule has 0 spiro atoms. The van der Waals surface area contributed by atoms with Gasteiger partial charge >= 0.3 is 0 Å². The van der Waals surface area contributed by atoms with Gasteiger partial charge < -0.3 is 20.4 Å². The molecule has 152 valence electrons. The fourth-order valence-electron chi connectivity index (χ4n) is 3.69. The van der Waals surface area contributed by atoms with Gasteiger partial charge in [0.1, 0.15) is 0 Å². The number of nitrogens with zero attached hydrogens (tertiary/aromatic N) is 4. The summed E-state index contributed by atoms with van der Waals surface area (Å²) in [7, 11) is 8.11. The van der Waals surface area contributed by atoms with Crippen molar-refractivity contribution in [3.8, 4) is 11.3 Å². The zero-order chi connectivity index (χ0) is 20.5. The van der Waals surface area contributed by atoms with Gasteiger partial charge in [-0.15, -0.1) is 0 Å². The van der Waals surface area contributed by atoms with Gasteiger partial charge in [-0.3, -0.25) is 9.48 Å². The van der Waals surface area contributed by atoms with Crippen LogP contribution < -0.4 is 10.6 Å². The van der Waals surface area contributed by atoms with Crippen LogP contribution in [0.5, 0.6) is 0 Å². The van der Waals surface area contributed by atoms with Gasteiger partial charge in [0.25, 0.3) is 5.91 Å². The molecule has 1 amide bonds. The average Bonchev–Trinajstić information content (AvgIpc) is 3.06. The van der Waals surface area contributed by atoms with Gasteiger partial charge in [-0.05, 0) is 46.4 Å². The van der Waals surface area contributed by atoms with E-state index in [2.05, 4.69) is 45.3 Å². The summed E-state index contributed by atoms with van der Waals surface area (Å²) in [6, 6.07) is 12.0. The molecule has 2 aromatic carbocycles. The smallest absolute Gasteiger partial charge is 0.253 e. The fourth-order valence-corrected chi connectivity index (χ4v) is 3.69. The number of hydrogen-bond acceptors (Lipinski definition) is 5. The highest BCUT2D eigenvalue weighted by Gasteiger charge is 2.27. The van der Waals surface area contributed by atoms with Gasteiger partial charge in [0.05, 0.1) is 34.4 Å². The largest absolute Gasteiger partial charge is 0.354 e. The molecule has 3 aromatic rings. The van der Waals surface area contributed by atoms with Gasteiger partial charge in [0, 0.05) is 30.9 Å². The zero-order valence-corrected chi connectivity index (χ0v) is 17.5. The van der Waals surface area contributed by atoms with Crippen LogP contribution in [0.15, 0.2) is 36.4 Å². The van der Waals surface area contributed by atoms with E-state index in [0.29, 0.717) is 12.1 Å². The van der Waals surface area contributed by atoms with Gasteiger partial charge in [-0.2, -0.15) is 5.10 Å². The number of rotatable bonds is 7. The van der Waals surface area contributed by atoms with Gasteiger partial charge in [-0.25, -0.2) is 0 Å². The Balaban J connectivity index is 1.80. The highest BCUT2D eigenvalue weighted by atomic mass is 16.1. The van der Waals surface area contributed by atoms with Crippen LogP contribution in [0.4, 0.5) is 11.4 Å². The van der Waals surface area contributed by atoms with E-state index in [9.17, 15) is 4.79 Å². The third-order valence-electron chi connectivity index (χ3n) is 5.20. The molecule has 0 unspecified atom stereocenters. The van der Waals surface area contributed by atoms with Crippen LogP contribution in [0.2, 0.25) is 0 Å². The van der Waals surface area contributed by atoms with E-state index in [-0.39, 0.29) is 5.91 Å². The molecule has 0 aliphatic carbocycles. The summed E-state index contributed by atoms with van der Waals surface area (Å²) >= 11 is 0. The predicted octanol–water partition coefficient (Wildman–Crippen LogP) is 2.61. The van der Waals surface area contributed by atoms with Crippen LogP contribution in [0.25, 0.3) is 22.2 Å². The minimum absolute atomic E-state index is 0.0670. The molecule has 0 bridgehead atoms. The normalized spacial score (nSPS) is 12.3. The summed E-state index contributed by atoms with van der Waals surface area (Å²) < 4.78 is 2.07. The molecule has 1 aromatic heterocycles. The second kappa shape index (κ2) is 7.85. The van der Waals surface area contributed by atoms with Crippen molar-refractivity contribution >= 4 is 28.2 Å². The molecule has 4 rings (SSSR count). The lowest BCUT2D eigenvalue weighted by molar-refractivity contribution is 0.0952. The lowest BCUT2D eigenvalue weighted by Gasteiger charge is -2.22. The maximum absolute atomic E-state index is 12.9. The van der Waals surface area contributed by atoms with Crippen LogP contribution >= 0.6 is 0 Å². The van der Waals surface area contributed by atoms with Gasteiger partial charge in [-0.1, -0.05) is 18.2 Å². The number of carbonyl (C=O) groups is 1. The maximum atomic E-state index is 12.9. The number of nitrogens with one attached hydrogen (secondary N) is 2. The Labute approximate surface area is 171 Å². The molecule has 0 saturated carbocycles. The molecule has 7 heteroatoms. The molecule has 2 heterocycles. The van der Waals surface area contributed by atoms with Gasteiger partial charge in [0.15, 0.2) is 0 Å². The highest BCUT2D eigenvalue weighted by Crippen LogP contribution is 2.45. The first-order valence-electron chi connectivity index (χ1n) is 9.93. The first-order chi connectivity index (χ1) is 14.0. The quantitative estimate of drug-likeness (QED) is 0.506. The number of benzene rings is 2. The Morgan fingerprint density at radius 2 is 1.83 bits per heavy atom. The molecule has 1 aliphatic heterocycles. The number of fused-ring (bicyclic) bond motifs is 2. The standard InChI is InChI=1S/C22H28N6O/c1-26(2)12-11-23-22(29)16-9-10-18-19-20(16)24-17-8-6-5-7-15(17)21(19)28(25-18)14-13-27(3)4/h5-10,24H,11-14H2,1-4H3,(H,23,29). The number of carbonyl (C=O) groups excluding carboxylic acids is 1. The molecule has 0 fully saturated rings. The average molecular weight is 393 g/mol. The van der Waals surface area contributed by atoms with Crippen LogP contribution in [0.1, 0.15) is 10.4 Å². The lowest BCUT2D eigenvalue weighted by Crippen LogP contribution is -2.31. The van der Waals surface area contributed by atoms with Crippen LogP contribution in [-0.4, -0.2) is 73.3 Å². The summed E-state index contributed by atoms with van der Waals surface area (Å²) in [6.07, 6.45) is 0. The Bertz CT molecular complexity index is 1050. The Kier molecular flexibility index (Phi) is 5.25. The van der Waals surface area contributed by atoms with E-state index in [1.165, 1.54) is 0 Å². The monoisotopic (exact) mass is 392 g/mol. The van der Waals surface area contributed by atoms with Crippen LogP contribution in [-0.2, 0) is 6.54 Å². The number of hydrogen-bond donors (Lipinski definition) is 2. The van der Waals surface area contributed by atoms with Crippen molar-refractivity contribution in [3.63, 3.8) is 0 Å². The van der Waals surface area contributed by atoms with Crippen LogP contribution in [0, 0.1) is 0 Å². The van der Waals surface area contributed by atoms with Crippen molar-refractivity contribution in [1.29, 1.82) is 0 Å². The third kappa shape index (κ3) is 3.71. The highest BCUT2D eigenvalue weighted by molar-refractivity contribution is 6.16. The summed E-state index contributed by atoms with van der Waals surface area (Å²) in [5.41, 5.74) is 5.59. The van der Waals surface area contributed by atoms with Crippen molar-refractivity contribution < 1.29 is 4.79 Å². The molecule has 29 heavy (non-hydrogen) atoms. The second-order valence-corrected chi connectivity index (χ2v) is 7.99. The lowest BCUT2D eigenvalue weighted by atomic mass is 9.97. The minimum atomic E-state index is -0.0670. The maximum Gasteiger partial charge on any atom is 0.253 e. The predicted molar refractivity (Wildman–Crippen MR) is 118 cm³/mol. The van der Waals surface area contributed by atoms with E-state index in [1.54, 1.807) is 0 Å². The molecule has 2 N–H and O–H groups in total. The van der Waals surface area contributed by atoms with E-state index >= 15 is 0 Å². The number of para-hydroxylation sites is 1. The number of amides is 1. The van der Waals surface area contributed by atoms with Crippen molar-refractivity contribution in [3.05, 3.63) is 42.0 Å². The third-order valence-corrected chi connectivity index (χ3v) is 5.20. The number of anilines is 2.